The molecule has 21 heavy (non-hydrogen) atoms. The lowest BCUT2D eigenvalue weighted by molar-refractivity contribution is 0.102. The summed E-state index contributed by atoms with van der Waals surface area (Å²) in [5.74, 6) is 1.70. The van der Waals surface area contributed by atoms with Crippen molar-refractivity contribution in [2.24, 2.45) is 0 Å². The van der Waals surface area contributed by atoms with Crippen molar-refractivity contribution in [3.63, 3.8) is 0 Å². The van der Waals surface area contributed by atoms with Gasteiger partial charge in [-0.3, -0.25) is 4.79 Å². The van der Waals surface area contributed by atoms with E-state index in [4.69, 9.17) is 0 Å². The van der Waals surface area contributed by atoms with Crippen molar-refractivity contribution in [1.82, 2.24) is 14.8 Å². The molecule has 0 radical (unpaired) electrons. The summed E-state index contributed by atoms with van der Waals surface area (Å²) in [7, 11) is 0. The molecule has 2 aromatic heterocycles. The maximum atomic E-state index is 12.3. The SMILES string of the molecule is Cc1cc(C(=O)CSc2nnc3n2CCCCC3)c(C)s1. The number of thiophene rings is 1. The fourth-order valence-corrected chi connectivity index (χ4v) is 4.49. The van der Waals surface area contributed by atoms with Gasteiger partial charge in [0.05, 0.1) is 5.75 Å². The Morgan fingerprint density at radius 3 is 2.95 bits per heavy atom. The molecule has 3 rings (SSSR count). The Morgan fingerprint density at radius 1 is 1.33 bits per heavy atom. The Hall–Kier alpha value is -1.14. The first-order valence-electron chi connectivity index (χ1n) is 7.30. The minimum Gasteiger partial charge on any atom is -0.306 e. The summed E-state index contributed by atoms with van der Waals surface area (Å²) in [4.78, 5) is 14.6. The molecule has 0 unspecified atom stereocenters. The minimum atomic E-state index is 0.188. The van der Waals surface area contributed by atoms with E-state index in [-0.39, 0.29) is 5.78 Å². The molecule has 0 saturated heterocycles. The van der Waals surface area contributed by atoms with E-state index in [2.05, 4.69) is 14.8 Å². The number of aryl methyl sites for hydroxylation is 3. The largest absolute Gasteiger partial charge is 0.306 e. The van der Waals surface area contributed by atoms with E-state index in [1.54, 1.807) is 11.3 Å². The van der Waals surface area contributed by atoms with Crippen molar-refractivity contribution in [3.05, 3.63) is 27.2 Å². The van der Waals surface area contributed by atoms with E-state index >= 15 is 0 Å². The average Bonchev–Trinajstić information content (AvgIpc) is 2.90. The lowest BCUT2D eigenvalue weighted by Crippen LogP contribution is -2.06. The molecule has 3 heterocycles. The second-order valence-electron chi connectivity index (χ2n) is 5.40. The maximum Gasteiger partial charge on any atom is 0.191 e. The molecule has 0 N–H and O–H groups in total. The lowest BCUT2D eigenvalue weighted by atomic mass is 10.2. The van der Waals surface area contributed by atoms with Crippen molar-refractivity contribution < 1.29 is 4.79 Å². The fourth-order valence-electron chi connectivity index (χ4n) is 2.68. The zero-order chi connectivity index (χ0) is 14.8. The maximum absolute atomic E-state index is 12.3. The number of carbonyl (C=O) groups is 1. The van der Waals surface area contributed by atoms with Gasteiger partial charge in [-0.05, 0) is 32.8 Å². The molecule has 0 spiro atoms. The van der Waals surface area contributed by atoms with Crippen LogP contribution >= 0.6 is 23.1 Å². The summed E-state index contributed by atoms with van der Waals surface area (Å²) in [5, 5.41) is 9.42. The Bertz CT molecular complexity index is 660. The zero-order valence-electron chi connectivity index (χ0n) is 12.4. The number of nitrogens with zero attached hydrogens (tertiary/aromatic N) is 3. The summed E-state index contributed by atoms with van der Waals surface area (Å²) in [6.45, 7) is 5.04. The standard InChI is InChI=1S/C15H19N3OS2/c1-10-8-12(11(2)21-10)13(19)9-20-15-17-16-14-6-4-3-5-7-18(14)15/h8H,3-7,9H2,1-2H3. The second-order valence-corrected chi connectivity index (χ2v) is 7.80. The molecule has 0 saturated carbocycles. The molecular formula is C15H19N3OS2. The van der Waals surface area contributed by atoms with Crippen LogP contribution in [0.3, 0.4) is 0 Å². The molecule has 0 bridgehead atoms. The van der Waals surface area contributed by atoms with Gasteiger partial charge < -0.3 is 4.57 Å². The quantitative estimate of drug-likeness (QED) is 0.637. The van der Waals surface area contributed by atoms with Gasteiger partial charge in [-0.2, -0.15) is 0 Å². The van der Waals surface area contributed by atoms with Crippen LogP contribution < -0.4 is 0 Å². The lowest BCUT2D eigenvalue weighted by Gasteiger charge is -2.05. The molecule has 0 amide bonds. The van der Waals surface area contributed by atoms with Crippen LogP contribution in [-0.4, -0.2) is 26.3 Å². The highest BCUT2D eigenvalue weighted by Crippen LogP contribution is 2.25. The van der Waals surface area contributed by atoms with Gasteiger partial charge in [-0.25, -0.2) is 0 Å². The number of rotatable bonds is 4. The summed E-state index contributed by atoms with van der Waals surface area (Å²) >= 11 is 3.20. The van der Waals surface area contributed by atoms with Crippen molar-refractivity contribution in [1.29, 1.82) is 0 Å². The van der Waals surface area contributed by atoms with Gasteiger partial charge in [0.25, 0.3) is 0 Å². The fraction of sp³-hybridized carbons (Fsp3) is 0.533. The number of carbonyl (C=O) groups excluding carboxylic acids is 1. The molecule has 0 aromatic carbocycles. The number of thioether (sulfide) groups is 1. The molecule has 0 fully saturated rings. The third kappa shape index (κ3) is 3.21. The van der Waals surface area contributed by atoms with Gasteiger partial charge in [-0.15, -0.1) is 21.5 Å². The van der Waals surface area contributed by atoms with Crippen molar-refractivity contribution >= 4 is 28.9 Å². The number of fused-ring (bicyclic) bond motifs is 1. The third-order valence-corrected chi connectivity index (χ3v) is 5.68. The molecule has 0 atom stereocenters. The Labute approximate surface area is 133 Å². The monoisotopic (exact) mass is 321 g/mol. The number of hydrogen-bond acceptors (Lipinski definition) is 5. The van der Waals surface area contributed by atoms with Gasteiger partial charge >= 0.3 is 0 Å². The number of aromatic nitrogens is 3. The van der Waals surface area contributed by atoms with Gasteiger partial charge in [0.15, 0.2) is 10.9 Å². The van der Waals surface area contributed by atoms with Crippen LogP contribution in [0.25, 0.3) is 0 Å². The summed E-state index contributed by atoms with van der Waals surface area (Å²) in [5.41, 5.74) is 0.862. The van der Waals surface area contributed by atoms with Gasteiger partial charge in [-0.1, -0.05) is 18.2 Å². The normalized spacial score (nSPS) is 14.8. The van der Waals surface area contributed by atoms with E-state index in [1.165, 1.54) is 35.9 Å². The Morgan fingerprint density at radius 2 is 2.19 bits per heavy atom. The van der Waals surface area contributed by atoms with E-state index in [0.29, 0.717) is 5.75 Å². The molecule has 1 aliphatic rings. The van der Waals surface area contributed by atoms with Crippen LogP contribution in [0.1, 0.15) is 45.2 Å². The summed E-state index contributed by atoms with van der Waals surface area (Å²) < 4.78 is 2.19. The third-order valence-electron chi connectivity index (χ3n) is 3.75. The highest BCUT2D eigenvalue weighted by Gasteiger charge is 2.17. The van der Waals surface area contributed by atoms with E-state index < -0.39 is 0 Å². The van der Waals surface area contributed by atoms with E-state index in [1.807, 2.05) is 19.9 Å². The van der Waals surface area contributed by atoms with Gasteiger partial charge in [0.2, 0.25) is 0 Å². The van der Waals surface area contributed by atoms with Crippen LogP contribution in [0.5, 0.6) is 0 Å². The van der Waals surface area contributed by atoms with Crippen LogP contribution in [-0.2, 0) is 13.0 Å². The summed E-state index contributed by atoms with van der Waals surface area (Å²) in [6, 6.07) is 1.99. The molecule has 4 nitrogen and oxygen atoms in total. The number of ketones is 1. The predicted molar refractivity (Wildman–Crippen MR) is 86.4 cm³/mol. The van der Waals surface area contributed by atoms with Crippen molar-refractivity contribution in [3.8, 4) is 0 Å². The second kappa shape index (κ2) is 6.32. The van der Waals surface area contributed by atoms with Crippen LogP contribution in [0.4, 0.5) is 0 Å². The highest BCUT2D eigenvalue weighted by molar-refractivity contribution is 7.99. The Balaban J connectivity index is 1.69. The smallest absolute Gasteiger partial charge is 0.191 e. The van der Waals surface area contributed by atoms with E-state index in [0.717, 1.165) is 34.4 Å². The highest BCUT2D eigenvalue weighted by atomic mass is 32.2. The number of hydrogen-bond donors (Lipinski definition) is 0. The van der Waals surface area contributed by atoms with Crippen molar-refractivity contribution in [2.45, 2.75) is 51.2 Å². The predicted octanol–water partition coefficient (Wildman–Crippen LogP) is 3.66. The first-order chi connectivity index (χ1) is 10.1. The topological polar surface area (TPSA) is 47.8 Å². The van der Waals surface area contributed by atoms with Gasteiger partial charge in [0.1, 0.15) is 5.82 Å². The molecular weight excluding hydrogens is 302 g/mol. The number of Topliss-reactive ketones (excluding diaryl/α,β-unsaturated/α-hetero) is 1. The first-order valence-corrected chi connectivity index (χ1v) is 9.10. The van der Waals surface area contributed by atoms with Crippen LogP contribution in [0.15, 0.2) is 11.2 Å². The Kier molecular flexibility index (Phi) is 4.45. The summed E-state index contributed by atoms with van der Waals surface area (Å²) in [6.07, 6.45) is 4.62. The zero-order valence-corrected chi connectivity index (χ0v) is 14.0. The van der Waals surface area contributed by atoms with Crippen LogP contribution in [0.2, 0.25) is 0 Å². The molecule has 0 aliphatic carbocycles. The van der Waals surface area contributed by atoms with Crippen LogP contribution in [0, 0.1) is 13.8 Å². The molecule has 6 heteroatoms. The molecule has 1 aliphatic heterocycles. The molecule has 2 aromatic rings. The molecule has 112 valence electrons. The van der Waals surface area contributed by atoms with Crippen molar-refractivity contribution in [2.75, 3.05) is 5.75 Å². The minimum absolute atomic E-state index is 0.188. The van der Waals surface area contributed by atoms with Gasteiger partial charge in [0, 0.05) is 28.3 Å². The average molecular weight is 321 g/mol. The first kappa shape index (κ1) is 14.8. The van der Waals surface area contributed by atoms with E-state index in [9.17, 15) is 4.79 Å².